The monoisotopic (exact) mass is 250 g/mol. The maximum atomic E-state index is 11.8. The first-order valence-electron chi connectivity index (χ1n) is 6.82. The van der Waals surface area contributed by atoms with E-state index in [-0.39, 0.29) is 17.6 Å². The molecule has 1 saturated carbocycles. The largest absolute Gasteiger partial charge is 0.389 e. The van der Waals surface area contributed by atoms with Crippen LogP contribution in [-0.2, 0) is 4.79 Å². The van der Waals surface area contributed by atoms with Gasteiger partial charge in [-0.15, -0.1) is 13.2 Å². The van der Waals surface area contributed by atoms with Gasteiger partial charge in [0.15, 0.2) is 0 Å². The van der Waals surface area contributed by atoms with Crippen LogP contribution in [-0.4, -0.2) is 16.5 Å². The SMILES string of the molecule is C=CC[C@]1(C)CCCC(=O)CC1(O)CCC(=C)C. The lowest BCUT2D eigenvalue weighted by atomic mass is 9.65. The van der Waals surface area contributed by atoms with Crippen molar-refractivity contribution in [3.05, 3.63) is 24.8 Å². The number of ketones is 1. The van der Waals surface area contributed by atoms with E-state index in [2.05, 4.69) is 20.1 Å². The number of carbonyl (C=O) groups excluding carboxylic acids is 1. The second-order valence-electron chi connectivity index (χ2n) is 6.11. The van der Waals surface area contributed by atoms with Crippen molar-refractivity contribution in [3.8, 4) is 0 Å². The number of aliphatic hydroxyl groups is 1. The molecule has 18 heavy (non-hydrogen) atoms. The zero-order chi connectivity index (χ0) is 13.8. The van der Waals surface area contributed by atoms with Crippen LogP contribution < -0.4 is 0 Å². The summed E-state index contributed by atoms with van der Waals surface area (Å²) in [6.07, 6.45) is 6.66. The van der Waals surface area contributed by atoms with E-state index in [0.29, 0.717) is 12.8 Å². The third kappa shape index (κ3) is 3.32. The van der Waals surface area contributed by atoms with E-state index in [1.54, 1.807) is 0 Å². The van der Waals surface area contributed by atoms with Gasteiger partial charge in [-0.3, -0.25) is 4.79 Å². The first-order valence-corrected chi connectivity index (χ1v) is 6.82. The molecule has 0 aromatic rings. The topological polar surface area (TPSA) is 37.3 Å². The smallest absolute Gasteiger partial charge is 0.135 e. The number of carbonyl (C=O) groups is 1. The fourth-order valence-corrected chi connectivity index (χ4v) is 2.96. The summed E-state index contributed by atoms with van der Waals surface area (Å²) in [5, 5.41) is 11.0. The second kappa shape index (κ2) is 5.83. The minimum Gasteiger partial charge on any atom is -0.389 e. The zero-order valence-electron chi connectivity index (χ0n) is 11.8. The van der Waals surface area contributed by atoms with Crippen molar-refractivity contribution in [2.24, 2.45) is 5.41 Å². The van der Waals surface area contributed by atoms with E-state index in [4.69, 9.17) is 0 Å². The molecule has 0 amide bonds. The predicted molar refractivity (Wildman–Crippen MR) is 75.4 cm³/mol. The third-order valence-corrected chi connectivity index (χ3v) is 4.36. The van der Waals surface area contributed by atoms with Gasteiger partial charge >= 0.3 is 0 Å². The quantitative estimate of drug-likeness (QED) is 0.595. The average Bonchev–Trinajstić information content (AvgIpc) is 2.36. The summed E-state index contributed by atoms with van der Waals surface area (Å²) in [5.74, 6) is 0.187. The van der Waals surface area contributed by atoms with Crippen LogP contribution >= 0.6 is 0 Å². The summed E-state index contributed by atoms with van der Waals surface area (Å²) in [6, 6.07) is 0. The Morgan fingerprint density at radius 1 is 1.56 bits per heavy atom. The van der Waals surface area contributed by atoms with Gasteiger partial charge in [0.2, 0.25) is 0 Å². The highest BCUT2D eigenvalue weighted by molar-refractivity contribution is 5.80. The highest BCUT2D eigenvalue weighted by atomic mass is 16.3. The molecule has 0 aliphatic heterocycles. The Morgan fingerprint density at radius 2 is 2.22 bits per heavy atom. The Hall–Kier alpha value is -0.890. The number of rotatable bonds is 5. The second-order valence-corrected chi connectivity index (χ2v) is 6.11. The van der Waals surface area contributed by atoms with Crippen LogP contribution in [0.2, 0.25) is 0 Å². The molecule has 0 saturated heterocycles. The van der Waals surface area contributed by atoms with Crippen LogP contribution in [0.3, 0.4) is 0 Å². The van der Waals surface area contributed by atoms with Crippen molar-refractivity contribution >= 4 is 5.78 Å². The van der Waals surface area contributed by atoms with E-state index in [1.807, 2.05) is 13.0 Å². The van der Waals surface area contributed by atoms with Crippen molar-refractivity contribution in [1.82, 2.24) is 0 Å². The first-order chi connectivity index (χ1) is 8.33. The zero-order valence-corrected chi connectivity index (χ0v) is 11.8. The van der Waals surface area contributed by atoms with E-state index in [0.717, 1.165) is 31.3 Å². The fourth-order valence-electron chi connectivity index (χ4n) is 2.96. The van der Waals surface area contributed by atoms with Crippen LogP contribution in [0.5, 0.6) is 0 Å². The molecule has 0 bridgehead atoms. The van der Waals surface area contributed by atoms with E-state index < -0.39 is 5.60 Å². The molecule has 1 unspecified atom stereocenters. The van der Waals surface area contributed by atoms with E-state index in [9.17, 15) is 9.90 Å². The molecule has 2 heteroatoms. The maximum absolute atomic E-state index is 11.8. The molecule has 2 atom stereocenters. The lowest BCUT2D eigenvalue weighted by molar-refractivity contribution is -0.130. The van der Waals surface area contributed by atoms with Crippen molar-refractivity contribution in [2.45, 2.75) is 64.4 Å². The molecule has 1 rings (SSSR count). The van der Waals surface area contributed by atoms with Gasteiger partial charge in [-0.1, -0.05) is 18.6 Å². The van der Waals surface area contributed by atoms with Crippen molar-refractivity contribution in [2.75, 3.05) is 0 Å². The van der Waals surface area contributed by atoms with Crippen LogP contribution in [0.1, 0.15) is 58.8 Å². The van der Waals surface area contributed by atoms with Gasteiger partial charge in [0.1, 0.15) is 5.78 Å². The lowest BCUT2D eigenvalue weighted by Crippen LogP contribution is -2.46. The van der Waals surface area contributed by atoms with Crippen molar-refractivity contribution in [3.63, 3.8) is 0 Å². The Labute approximate surface area is 111 Å². The molecule has 102 valence electrons. The van der Waals surface area contributed by atoms with E-state index in [1.165, 1.54) is 0 Å². The molecular weight excluding hydrogens is 224 g/mol. The van der Waals surface area contributed by atoms with Gasteiger partial charge in [0.05, 0.1) is 5.60 Å². The van der Waals surface area contributed by atoms with Gasteiger partial charge in [0.25, 0.3) is 0 Å². The molecule has 0 aromatic heterocycles. The molecule has 0 heterocycles. The van der Waals surface area contributed by atoms with Gasteiger partial charge < -0.3 is 5.11 Å². The summed E-state index contributed by atoms with van der Waals surface area (Å²) in [7, 11) is 0. The minimum absolute atomic E-state index is 0.187. The highest BCUT2D eigenvalue weighted by Crippen LogP contribution is 2.47. The summed E-state index contributed by atoms with van der Waals surface area (Å²) in [5.41, 5.74) is -0.0922. The fraction of sp³-hybridized carbons (Fsp3) is 0.688. The Kier molecular flexibility index (Phi) is 4.92. The summed E-state index contributed by atoms with van der Waals surface area (Å²) >= 11 is 0. The van der Waals surface area contributed by atoms with Crippen LogP contribution in [0, 0.1) is 5.41 Å². The molecule has 1 N–H and O–H groups in total. The van der Waals surface area contributed by atoms with Crippen LogP contribution in [0.4, 0.5) is 0 Å². The van der Waals surface area contributed by atoms with Gasteiger partial charge in [-0.25, -0.2) is 0 Å². The number of hydrogen-bond acceptors (Lipinski definition) is 2. The third-order valence-electron chi connectivity index (χ3n) is 4.36. The van der Waals surface area contributed by atoms with Crippen LogP contribution in [0.25, 0.3) is 0 Å². The molecular formula is C16H26O2. The molecule has 0 aromatic carbocycles. The number of hydrogen-bond donors (Lipinski definition) is 1. The summed E-state index contributed by atoms with van der Waals surface area (Å²) in [4.78, 5) is 11.8. The molecule has 0 radical (unpaired) electrons. The van der Waals surface area contributed by atoms with Crippen molar-refractivity contribution in [1.29, 1.82) is 0 Å². The van der Waals surface area contributed by atoms with Crippen LogP contribution in [0.15, 0.2) is 24.8 Å². The number of Topliss-reactive ketones (excluding diaryl/α,β-unsaturated/α-hetero) is 1. The Balaban J connectivity index is 2.98. The van der Waals surface area contributed by atoms with Crippen molar-refractivity contribution < 1.29 is 9.90 Å². The van der Waals surface area contributed by atoms with Gasteiger partial charge in [0, 0.05) is 18.3 Å². The molecule has 2 nitrogen and oxygen atoms in total. The Morgan fingerprint density at radius 3 is 2.78 bits per heavy atom. The average molecular weight is 250 g/mol. The maximum Gasteiger partial charge on any atom is 0.135 e. The molecule has 0 spiro atoms. The summed E-state index contributed by atoms with van der Waals surface area (Å²) < 4.78 is 0. The first kappa shape index (κ1) is 15.2. The Bertz CT molecular complexity index is 345. The standard InChI is InChI=1S/C16H26O2/c1-5-9-15(4)10-6-7-14(17)12-16(15,18)11-8-13(2)3/h5,18H,1-2,6-12H2,3-4H3/t15-,16?/m1/s1. The normalized spacial score (nSPS) is 32.9. The predicted octanol–water partition coefficient (Wildman–Crippen LogP) is 3.80. The number of allylic oxidation sites excluding steroid dienone is 2. The van der Waals surface area contributed by atoms with E-state index >= 15 is 0 Å². The molecule has 1 aliphatic rings. The molecule has 1 fully saturated rings. The highest BCUT2D eigenvalue weighted by Gasteiger charge is 2.47. The van der Waals surface area contributed by atoms with Gasteiger partial charge in [-0.2, -0.15) is 0 Å². The molecule has 1 aliphatic carbocycles. The summed E-state index contributed by atoms with van der Waals surface area (Å²) in [6.45, 7) is 11.7. The lowest BCUT2D eigenvalue weighted by Gasteiger charge is -2.44. The van der Waals surface area contributed by atoms with Gasteiger partial charge in [-0.05, 0) is 39.0 Å². The minimum atomic E-state index is -0.909.